The molecule has 1 aliphatic carbocycles. The number of nitrogens with one attached hydrogen (secondary N) is 1. The number of piperidine rings is 1. The molecule has 27 heavy (non-hydrogen) atoms. The molecule has 0 radical (unpaired) electrons. The number of aliphatic hydroxyl groups excluding tert-OH is 1. The topological polar surface area (TPSA) is 78.6 Å². The van der Waals surface area contributed by atoms with E-state index in [2.05, 4.69) is 15.2 Å². The van der Waals surface area contributed by atoms with Gasteiger partial charge in [-0.1, -0.05) is 18.0 Å². The molecule has 1 aromatic heterocycles. The molecule has 7 heteroatoms. The van der Waals surface area contributed by atoms with E-state index >= 15 is 0 Å². The van der Waals surface area contributed by atoms with Crippen LogP contribution in [0.2, 0.25) is 5.02 Å². The number of carbonyl (C=O) groups excluding carboxylic acids is 1. The number of hydrogen-bond donors (Lipinski definition) is 2. The van der Waals surface area contributed by atoms with Gasteiger partial charge in [-0.05, 0) is 43.7 Å². The fourth-order valence-electron chi connectivity index (χ4n) is 4.11. The van der Waals surface area contributed by atoms with Crippen molar-refractivity contribution in [2.24, 2.45) is 11.3 Å². The van der Waals surface area contributed by atoms with Gasteiger partial charge in [0.2, 0.25) is 5.91 Å². The summed E-state index contributed by atoms with van der Waals surface area (Å²) in [5.74, 6) is 0.356. The third kappa shape index (κ3) is 4.06. The van der Waals surface area contributed by atoms with Gasteiger partial charge in [-0.2, -0.15) is 4.98 Å². The van der Waals surface area contributed by atoms with Gasteiger partial charge in [0.15, 0.2) is 5.58 Å². The van der Waals surface area contributed by atoms with Gasteiger partial charge in [-0.3, -0.25) is 4.79 Å². The largest absolute Gasteiger partial charge is 0.423 e. The Morgan fingerprint density at radius 2 is 2.26 bits per heavy atom. The van der Waals surface area contributed by atoms with Crippen LogP contribution in [-0.4, -0.2) is 42.2 Å². The number of aromatic nitrogens is 1. The van der Waals surface area contributed by atoms with E-state index in [1.807, 2.05) is 6.07 Å². The van der Waals surface area contributed by atoms with Gasteiger partial charge in [0, 0.05) is 42.6 Å². The average Bonchev–Trinajstić information content (AvgIpc) is 3.04. The summed E-state index contributed by atoms with van der Waals surface area (Å²) >= 11 is 6.02. The van der Waals surface area contributed by atoms with Crippen LogP contribution in [0.25, 0.3) is 11.1 Å². The molecule has 1 saturated carbocycles. The first kappa shape index (κ1) is 18.6. The van der Waals surface area contributed by atoms with Gasteiger partial charge >= 0.3 is 0 Å². The van der Waals surface area contributed by atoms with Gasteiger partial charge in [-0.15, -0.1) is 0 Å². The highest BCUT2D eigenvalue weighted by Crippen LogP contribution is 2.39. The van der Waals surface area contributed by atoms with Crippen LogP contribution in [0.15, 0.2) is 22.6 Å². The summed E-state index contributed by atoms with van der Waals surface area (Å²) < 4.78 is 5.87. The zero-order valence-electron chi connectivity index (χ0n) is 15.4. The van der Waals surface area contributed by atoms with E-state index < -0.39 is 0 Å². The Morgan fingerprint density at radius 1 is 1.41 bits per heavy atom. The van der Waals surface area contributed by atoms with E-state index in [4.69, 9.17) is 16.0 Å². The third-order valence-electron chi connectivity index (χ3n) is 6.01. The molecular formula is C20H26ClN3O3. The van der Waals surface area contributed by atoms with Crippen LogP contribution in [0.4, 0.5) is 6.01 Å². The molecule has 2 heterocycles. The number of anilines is 1. The van der Waals surface area contributed by atoms with Crippen LogP contribution >= 0.6 is 11.6 Å². The molecule has 1 amide bonds. The van der Waals surface area contributed by atoms with E-state index in [1.165, 1.54) is 0 Å². The Balaban J connectivity index is 1.34. The minimum atomic E-state index is -0.0757. The highest BCUT2D eigenvalue weighted by Gasteiger charge is 2.36. The molecule has 1 saturated heterocycles. The Labute approximate surface area is 163 Å². The van der Waals surface area contributed by atoms with Crippen molar-refractivity contribution in [2.45, 2.75) is 38.5 Å². The maximum Gasteiger partial charge on any atom is 0.298 e. The van der Waals surface area contributed by atoms with Crippen molar-refractivity contribution < 1.29 is 14.3 Å². The van der Waals surface area contributed by atoms with Crippen molar-refractivity contribution in [3.05, 3.63) is 23.2 Å². The summed E-state index contributed by atoms with van der Waals surface area (Å²) in [6.45, 7) is 2.39. The molecule has 6 nitrogen and oxygen atoms in total. The van der Waals surface area contributed by atoms with Gasteiger partial charge in [-0.25, -0.2) is 0 Å². The zero-order chi connectivity index (χ0) is 18.9. The number of halogens is 1. The number of fused-ring (bicyclic) bond motifs is 1. The Bertz CT molecular complexity index is 812. The number of hydrogen-bond acceptors (Lipinski definition) is 5. The van der Waals surface area contributed by atoms with Crippen molar-refractivity contribution in [1.29, 1.82) is 0 Å². The quantitative estimate of drug-likeness (QED) is 0.789. The highest BCUT2D eigenvalue weighted by atomic mass is 35.5. The van der Waals surface area contributed by atoms with E-state index in [1.54, 1.807) is 12.1 Å². The number of rotatable bonds is 6. The Hall–Kier alpha value is -1.79. The van der Waals surface area contributed by atoms with Crippen LogP contribution in [0.1, 0.15) is 38.5 Å². The minimum absolute atomic E-state index is 0.0749. The zero-order valence-corrected chi connectivity index (χ0v) is 16.2. The van der Waals surface area contributed by atoms with Crippen molar-refractivity contribution in [2.75, 3.05) is 31.1 Å². The van der Waals surface area contributed by atoms with Crippen molar-refractivity contribution in [1.82, 2.24) is 10.3 Å². The highest BCUT2D eigenvalue weighted by molar-refractivity contribution is 6.31. The molecule has 1 aromatic carbocycles. The number of benzene rings is 1. The van der Waals surface area contributed by atoms with Crippen molar-refractivity contribution in [3.8, 4) is 0 Å². The van der Waals surface area contributed by atoms with E-state index in [0.717, 1.165) is 50.7 Å². The van der Waals surface area contributed by atoms with Gasteiger partial charge in [0.05, 0.1) is 6.61 Å². The molecule has 2 fully saturated rings. The molecule has 4 rings (SSSR count). The second-order valence-electron chi connectivity index (χ2n) is 8.06. The fourth-order valence-corrected chi connectivity index (χ4v) is 4.28. The van der Waals surface area contributed by atoms with Gasteiger partial charge in [0.25, 0.3) is 6.01 Å². The van der Waals surface area contributed by atoms with Crippen LogP contribution in [-0.2, 0) is 4.79 Å². The monoisotopic (exact) mass is 391 g/mol. The summed E-state index contributed by atoms with van der Waals surface area (Å²) in [6.07, 6.45) is 5.69. The van der Waals surface area contributed by atoms with Crippen LogP contribution < -0.4 is 10.2 Å². The van der Waals surface area contributed by atoms with Gasteiger partial charge < -0.3 is 19.7 Å². The summed E-state index contributed by atoms with van der Waals surface area (Å²) in [5.41, 5.74) is 1.41. The SMILES string of the molecule is O=C(CC1CCCN(c2nc3ccc(Cl)cc3o2)C1)NCC1(CO)CCC1. The van der Waals surface area contributed by atoms with E-state index in [-0.39, 0.29) is 23.8 Å². The molecule has 2 aliphatic rings. The third-order valence-corrected chi connectivity index (χ3v) is 6.25. The first-order chi connectivity index (χ1) is 13.1. The lowest BCUT2D eigenvalue weighted by atomic mass is 9.69. The second-order valence-corrected chi connectivity index (χ2v) is 8.49. The predicted molar refractivity (Wildman–Crippen MR) is 105 cm³/mol. The van der Waals surface area contributed by atoms with Crippen molar-refractivity contribution >= 4 is 34.6 Å². The number of amides is 1. The maximum absolute atomic E-state index is 12.4. The molecule has 0 bridgehead atoms. The van der Waals surface area contributed by atoms with Crippen LogP contribution in [0.5, 0.6) is 0 Å². The number of aliphatic hydroxyl groups is 1. The molecule has 2 aromatic rings. The normalized spacial score (nSPS) is 21.9. The van der Waals surface area contributed by atoms with Crippen LogP contribution in [0, 0.1) is 11.3 Å². The minimum Gasteiger partial charge on any atom is -0.423 e. The first-order valence-electron chi connectivity index (χ1n) is 9.75. The molecule has 1 unspecified atom stereocenters. The average molecular weight is 392 g/mol. The standard InChI is InChI=1S/C20H26ClN3O3/c21-15-4-5-16-17(10-15)27-19(23-16)24-8-1-3-14(11-24)9-18(26)22-12-20(13-25)6-2-7-20/h4-5,10,14,25H,1-3,6-9,11-13H2,(H,22,26). The smallest absolute Gasteiger partial charge is 0.298 e. The molecule has 146 valence electrons. The second kappa shape index (κ2) is 7.68. The lowest BCUT2D eigenvalue weighted by Crippen LogP contribution is -2.45. The van der Waals surface area contributed by atoms with Crippen LogP contribution in [0.3, 0.4) is 0 Å². The predicted octanol–water partition coefficient (Wildman–Crippen LogP) is 3.37. The molecule has 1 atom stereocenters. The maximum atomic E-state index is 12.4. The Morgan fingerprint density at radius 3 is 3.00 bits per heavy atom. The lowest BCUT2D eigenvalue weighted by molar-refractivity contribution is -0.123. The molecule has 0 spiro atoms. The summed E-state index contributed by atoms with van der Waals surface area (Å²) in [7, 11) is 0. The van der Waals surface area contributed by atoms with E-state index in [9.17, 15) is 9.90 Å². The molecule has 1 aliphatic heterocycles. The summed E-state index contributed by atoms with van der Waals surface area (Å²) in [5, 5.41) is 13.2. The molecular weight excluding hydrogens is 366 g/mol. The fraction of sp³-hybridized carbons (Fsp3) is 0.600. The molecule has 2 N–H and O–H groups in total. The lowest BCUT2D eigenvalue weighted by Gasteiger charge is -2.40. The first-order valence-corrected chi connectivity index (χ1v) is 10.1. The number of carbonyl (C=O) groups is 1. The van der Waals surface area contributed by atoms with Crippen molar-refractivity contribution in [3.63, 3.8) is 0 Å². The number of nitrogens with zero attached hydrogens (tertiary/aromatic N) is 2. The number of oxazole rings is 1. The summed E-state index contributed by atoms with van der Waals surface area (Å²) in [4.78, 5) is 19.1. The van der Waals surface area contributed by atoms with E-state index in [0.29, 0.717) is 29.6 Å². The van der Waals surface area contributed by atoms with Gasteiger partial charge in [0.1, 0.15) is 5.52 Å². The Kier molecular flexibility index (Phi) is 5.28. The summed E-state index contributed by atoms with van der Waals surface area (Å²) in [6, 6.07) is 6.04.